The number of aliphatic hydroxyl groups is 1. The summed E-state index contributed by atoms with van der Waals surface area (Å²) >= 11 is 0. The van der Waals surface area contributed by atoms with Crippen LogP contribution in [0.25, 0.3) is 0 Å². The van der Waals surface area contributed by atoms with Gasteiger partial charge in [0.05, 0.1) is 5.60 Å². The molecular formula is C19H28N2O3. The maximum atomic E-state index is 12.5. The maximum absolute atomic E-state index is 12.5. The van der Waals surface area contributed by atoms with Crippen LogP contribution in [0.3, 0.4) is 0 Å². The topological polar surface area (TPSA) is 62.7 Å². The molecule has 1 aromatic heterocycles. The second kappa shape index (κ2) is 7.62. The van der Waals surface area contributed by atoms with Crippen LogP contribution in [-0.4, -0.2) is 52.8 Å². The number of nitrogens with zero attached hydrogens (tertiary/aromatic N) is 2. The average Bonchev–Trinajstić information content (AvgIpc) is 2.63. The largest absolute Gasteiger partial charge is 0.389 e. The predicted octanol–water partition coefficient (Wildman–Crippen LogP) is 2.04. The Kier molecular flexibility index (Phi) is 5.51. The first kappa shape index (κ1) is 17.4. The molecule has 2 aliphatic heterocycles. The zero-order valence-electron chi connectivity index (χ0n) is 14.5. The van der Waals surface area contributed by atoms with Crippen molar-refractivity contribution in [2.24, 2.45) is 11.8 Å². The molecule has 5 heteroatoms. The number of rotatable bonds is 4. The number of aryl methyl sites for hydroxylation is 1. The highest BCUT2D eigenvalue weighted by Gasteiger charge is 2.45. The molecule has 0 unspecified atom stereocenters. The number of aromatic nitrogens is 1. The van der Waals surface area contributed by atoms with Crippen molar-refractivity contribution in [1.29, 1.82) is 0 Å². The molecule has 1 amide bonds. The van der Waals surface area contributed by atoms with E-state index in [-0.39, 0.29) is 11.8 Å². The molecule has 5 nitrogen and oxygen atoms in total. The number of ether oxygens (including phenoxy) is 1. The van der Waals surface area contributed by atoms with Crippen molar-refractivity contribution in [3.63, 3.8) is 0 Å². The summed E-state index contributed by atoms with van der Waals surface area (Å²) in [5.41, 5.74) is 0.494. The lowest BCUT2D eigenvalue weighted by Crippen LogP contribution is -2.56. The van der Waals surface area contributed by atoms with E-state index < -0.39 is 5.60 Å². The lowest BCUT2D eigenvalue weighted by Gasteiger charge is -2.48. The second-order valence-corrected chi connectivity index (χ2v) is 7.22. The third-order valence-electron chi connectivity index (χ3n) is 5.79. The summed E-state index contributed by atoms with van der Waals surface area (Å²) in [7, 11) is 0. The first-order chi connectivity index (χ1) is 11.6. The fraction of sp³-hybridized carbons (Fsp3) is 0.684. The van der Waals surface area contributed by atoms with E-state index in [0.29, 0.717) is 31.8 Å². The van der Waals surface area contributed by atoms with Crippen LogP contribution in [0.15, 0.2) is 24.5 Å². The highest BCUT2D eigenvalue weighted by atomic mass is 16.5. The summed E-state index contributed by atoms with van der Waals surface area (Å²) in [4.78, 5) is 18.4. The Balaban J connectivity index is 1.53. The van der Waals surface area contributed by atoms with Gasteiger partial charge in [-0.25, -0.2) is 0 Å². The third-order valence-corrected chi connectivity index (χ3v) is 5.79. The smallest absolute Gasteiger partial charge is 0.222 e. The first-order valence-corrected chi connectivity index (χ1v) is 9.06. The zero-order chi connectivity index (χ0) is 17.0. The monoisotopic (exact) mass is 332 g/mol. The molecule has 0 spiro atoms. The Morgan fingerprint density at radius 3 is 2.75 bits per heavy atom. The Morgan fingerprint density at radius 2 is 2.08 bits per heavy atom. The zero-order valence-corrected chi connectivity index (χ0v) is 14.5. The van der Waals surface area contributed by atoms with Gasteiger partial charge in [0.15, 0.2) is 0 Å². The summed E-state index contributed by atoms with van der Waals surface area (Å²) in [6.45, 7) is 4.89. The molecule has 2 saturated heterocycles. The normalized spacial score (nSPS) is 28.8. The Morgan fingerprint density at radius 1 is 1.38 bits per heavy atom. The molecule has 3 heterocycles. The van der Waals surface area contributed by atoms with Crippen LogP contribution in [0.5, 0.6) is 0 Å². The molecule has 132 valence electrons. The van der Waals surface area contributed by atoms with E-state index in [2.05, 4.69) is 11.9 Å². The van der Waals surface area contributed by atoms with Crippen LogP contribution in [0.2, 0.25) is 0 Å². The average molecular weight is 332 g/mol. The van der Waals surface area contributed by atoms with E-state index in [9.17, 15) is 9.90 Å². The van der Waals surface area contributed by atoms with Crippen LogP contribution in [0.4, 0.5) is 0 Å². The van der Waals surface area contributed by atoms with Gasteiger partial charge in [0.25, 0.3) is 0 Å². The molecule has 2 fully saturated rings. The van der Waals surface area contributed by atoms with Crippen molar-refractivity contribution < 1.29 is 14.6 Å². The molecular weight excluding hydrogens is 304 g/mol. The van der Waals surface area contributed by atoms with Crippen molar-refractivity contribution in [3.05, 3.63) is 30.1 Å². The number of hydrogen-bond acceptors (Lipinski definition) is 4. The summed E-state index contributed by atoms with van der Waals surface area (Å²) in [5.74, 6) is 0.599. The van der Waals surface area contributed by atoms with E-state index in [1.165, 1.54) is 0 Å². The molecule has 0 bridgehead atoms. The lowest BCUT2D eigenvalue weighted by molar-refractivity contribution is -0.151. The van der Waals surface area contributed by atoms with E-state index in [0.717, 1.165) is 38.0 Å². The van der Waals surface area contributed by atoms with E-state index in [1.54, 1.807) is 12.4 Å². The summed E-state index contributed by atoms with van der Waals surface area (Å²) in [5, 5.41) is 11.2. The van der Waals surface area contributed by atoms with Gasteiger partial charge < -0.3 is 14.7 Å². The molecule has 2 atom stereocenters. The van der Waals surface area contributed by atoms with Crippen molar-refractivity contribution in [3.8, 4) is 0 Å². The maximum Gasteiger partial charge on any atom is 0.222 e. The van der Waals surface area contributed by atoms with Crippen LogP contribution in [0, 0.1) is 11.8 Å². The van der Waals surface area contributed by atoms with Crippen molar-refractivity contribution in [2.45, 2.75) is 44.6 Å². The molecule has 3 rings (SSSR count). The van der Waals surface area contributed by atoms with Gasteiger partial charge in [0.1, 0.15) is 0 Å². The van der Waals surface area contributed by atoms with Crippen molar-refractivity contribution >= 4 is 5.91 Å². The molecule has 2 aliphatic rings. The molecule has 0 aromatic carbocycles. The number of likely N-dealkylation sites (tertiary alicyclic amines) is 1. The number of hydrogen-bond donors (Lipinski definition) is 1. The number of piperidine rings is 1. The highest BCUT2D eigenvalue weighted by Crippen LogP contribution is 2.39. The summed E-state index contributed by atoms with van der Waals surface area (Å²) in [6, 6.07) is 3.91. The highest BCUT2D eigenvalue weighted by molar-refractivity contribution is 5.76. The van der Waals surface area contributed by atoms with Crippen LogP contribution in [0.1, 0.15) is 38.2 Å². The van der Waals surface area contributed by atoms with Crippen LogP contribution >= 0.6 is 0 Å². The molecule has 1 aromatic rings. The molecule has 0 saturated carbocycles. The minimum Gasteiger partial charge on any atom is -0.389 e. The van der Waals surface area contributed by atoms with E-state index in [1.807, 2.05) is 17.0 Å². The number of carbonyl (C=O) groups is 1. The predicted molar refractivity (Wildman–Crippen MR) is 91.4 cm³/mol. The molecule has 0 radical (unpaired) electrons. The Hall–Kier alpha value is -1.46. The van der Waals surface area contributed by atoms with E-state index >= 15 is 0 Å². The van der Waals surface area contributed by atoms with Crippen LogP contribution < -0.4 is 0 Å². The van der Waals surface area contributed by atoms with Gasteiger partial charge in [0.2, 0.25) is 5.91 Å². The third kappa shape index (κ3) is 3.78. The number of carbonyl (C=O) groups excluding carboxylic acids is 1. The van der Waals surface area contributed by atoms with Gasteiger partial charge in [0, 0.05) is 51.0 Å². The fourth-order valence-electron chi connectivity index (χ4n) is 4.13. The minimum atomic E-state index is -0.647. The summed E-state index contributed by atoms with van der Waals surface area (Å²) < 4.78 is 5.42. The standard InChI is InChI=1S/C19H28N2O3/c1-15-14-21(18(22)3-2-16-4-9-20-10-5-16)11-8-19(15,23)17-6-12-24-13-7-17/h4-5,9-10,15,17,23H,2-3,6-8,11-14H2,1H3/t15-,19+/m1/s1. The number of amides is 1. The Bertz CT molecular complexity index is 545. The van der Waals surface area contributed by atoms with Crippen molar-refractivity contribution in [1.82, 2.24) is 9.88 Å². The van der Waals surface area contributed by atoms with Crippen molar-refractivity contribution in [2.75, 3.05) is 26.3 Å². The van der Waals surface area contributed by atoms with Gasteiger partial charge in [-0.2, -0.15) is 0 Å². The van der Waals surface area contributed by atoms with Gasteiger partial charge in [-0.1, -0.05) is 6.92 Å². The number of pyridine rings is 1. The molecule has 1 N–H and O–H groups in total. The second-order valence-electron chi connectivity index (χ2n) is 7.22. The lowest BCUT2D eigenvalue weighted by atomic mass is 9.70. The van der Waals surface area contributed by atoms with Gasteiger partial charge in [-0.05, 0) is 49.3 Å². The van der Waals surface area contributed by atoms with Gasteiger partial charge in [-0.15, -0.1) is 0 Å². The molecule has 24 heavy (non-hydrogen) atoms. The Labute approximate surface area is 144 Å². The first-order valence-electron chi connectivity index (χ1n) is 9.06. The SMILES string of the molecule is C[C@@H]1CN(C(=O)CCc2ccncc2)CC[C@@]1(O)C1CCOCC1. The van der Waals surface area contributed by atoms with E-state index in [4.69, 9.17) is 4.74 Å². The fourth-order valence-corrected chi connectivity index (χ4v) is 4.13. The molecule has 0 aliphatic carbocycles. The summed E-state index contributed by atoms with van der Waals surface area (Å²) in [6.07, 6.45) is 7.32. The quantitative estimate of drug-likeness (QED) is 0.916. The van der Waals surface area contributed by atoms with Gasteiger partial charge >= 0.3 is 0 Å². The van der Waals surface area contributed by atoms with Gasteiger partial charge in [-0.3, -0.25) is 9.78 Å². The van der Waals surface area contributed by atoms with Crippen LogP contribution in [-0.2, 0) is 16.0 Å². The minimum absolute atomic E-state index is 0.110.